The van der Waals surface area contributed by atoms with Crippen LogP contribution in [-0.2, 0) is 11.3 Å². The van der Waals surface area contributed by atoms with Gasteiger partial charge in [0.25, 0.3) is 0 Å². The van der Waals surface area contributed by atoms with E-state index in [2.05, 4.69) is 20.7 Å². The molecule has 210 valence electrons. The Morgan fingerprint density at radius 3 is 2.24 bits per heavy atom. The zero-order valence-corrected chi connectivity index (χ0v) is 23.2. The van der Waals surface area contributed by atoms with Crippen LogP contribution in [0.2, 0.25) is 0 Å². The smallest absolute Gasteiger partial charge is 0.390 e. The van der Waals surface area contributed by atoms with Gasteiger partial charge in [-0.1, -0.05) is 32.0 Å². The average molecular weight is 536 g/mol. The summed E-state index contributed by atoms with van der Waals surface area (Å²) in [6, 6.07) is 12.5. The van der Waals surface area contributed by atoms with Crippen LogP contribution >= 0.6 is 0 Å². The van der Waals surface area contributed by atoms with E-state index >= 15 is 0 Å². The Kier molecular flexibility index (Phi) is 12.1. The van der Waals surface area contributed by atoms with Crippen LogP contribution < -0.4 is 4.74 Å². The molecule has 0 spiro atoms. The summed E-state index contributed by atoms with van der Waals surface area (Å²) in [5.74, 6) is 0.572. The first-order valence-corrected chi connectivity index (χ1v) is 12.9. The van der Waals surface area contributed by atoms with Crippen LogP contribution in [0.1, 0.15) is 48.7 Å². The van der Waals surface area contributed by atoms with E-state index in [1.807, 2.05) is 44.0 Å². The maximum absolute atomic E-state index is 12.6. The fraction of sp³-hybridized carbons (Fsp3) is 0.483. The fourth-order valence-corrected chi connectivity index (χ4v) is 4.52. The minimum absolute atomic E-state index is 0.291. The van der Waals surface area contributed by atoms with E-state index in [0.717, 1.165) is 47.4 Å². The molecule has 6 nitrogen and oxygen atoms in total. The first kappa shape index (κ1) is 31.2. The zero-order valence-electron chi connectivity index (χ0n) is 23.2. The number of H-pyrrole nitrogens is 1. The van der Waals surface area contributed by atoms with E-state index in [0.29, 0.717) is 18.7 Å². The van der Waals surface area contributed by atoms with Crippen molar-refractivity contribution in [2.24, 2.45) is 0 Å². The van der Waals surface area contributed by atoms with Gasteiger partial charge in [0.15, 0.2) is 0 Å². The van der Waals surface area contributed by atoms with Gasteiger partial charge in [-0.3, -0.25) is 9.80 Å². The topological polar surface area (TPSA) is 57.8 Å². The van der Waals surface area contributed by atoms with Gasteiger partial charge in [0.2, 0.25) is 0 Å². The highest BCUT2D eigenvalue weighted by molar-refractivity contribution is 5.89. The van der Waals surface area contributed by atoms with Gasteiger partial charge in [0.05, 0.1) is 26.2 Å². The molecule has 2 heterocycles. The number of carbonyl (C=O) groups is 1. The minimum Gasteiger partial charge on any atom is -0.496 e. The monoisotopic (exact) mass is 535 g/mol. The van der Waals surface area contributed by atoms with E-state index in [1.165, 1.54) is 7.11 Å². The second-order valence-corrected chi connectivity index (χ2v) is 8.98. The van der Waals surface area contributed by atoms with Crippen molar-refractivity contribution >= 4 is 16.9 Å². The molecule has 9 heteroatoms. The SMILES string of the molecule is CC.COC(=O)c1ccccc1.COc1cc(C)c2[nH]ccc2c1CN1CCN(C(C)CC(F)(F)F)CC1. The summed E-state index contributed by atoms with van der Waals surface area (Å²) in [7, 11) is 3.04. The highest BCUT2D eigenvalue weighted by Gasteiger charge is 2.33. The van der Waals surface area contributed by atoms with Gasteiger partial charge in [0.1, 0.15) is 5.75 Å². The van der Waals surface area contributed by atoms with Crippen molar-refractivity contribution in [3.05, 3.63) is 65.4 Å². The molecule has 38 heavy (non-hydrogen) atoms. The summed E-state index contributed by atoms with van der Waals surface area (Å²) in [6.45, 7) is 11.3. The molecule has 2 aromatic carbocycles. The van der Waals surface area contributed by atoms with E-state index in [1.54, 1.807) is 38.3 Å². The lowest BCUT2D eigenvalue weighted by Gasteiger charge is -2.38. The first-order chi connectivity index (χ1) is 18.1. The molecule has 0 radical (unpaired) electrons. The number of hydrogen-bond donors (Lipinski definition) is 1. The van der Waals surface area contributed by atoms with Gasteiger partial charge in [-0.15, -0.1) is 0 Å². The molecule has 1 atom stereocenters. The second kappa shape index (κ2) is 14.8. The number of alkyl halides is 3. The zero-order chi connectivity index (χ0) is 28.3. The Labute approximate surface area is 223 Å². The van der Waals surface area contributed by atoms with Crippen molar-refractivity contribution in [1.29, 1.82) is 0 Å². The van der Waals surface area contributed by atoms with Crippen molar-refractivity contribution < 1.29 is 27.4 Å². The number of nitrogens with zero attached hydrogens (tertiary/aromatic N) is 2. The number of halogens is 3. The fourth-order valence-electron chi connectivity index (χ4n) is 4.52. The molecule has 3 aromatic rings. The molecule has 1 unspecified atom stereocenters. The number of carbonyl (C=O) groups excluding carboxylic acids is 1. The third kappa shape index (κ3) is 8.77. The van der Waals surface area contributed by atoms with Crippen LogP contribution in [0.3, 0.4) is 0 Å². The van der Waals surface area contributed by atoms with Gasteiger partial charge >= 0.3 is 12.1 Å². The molecule has 4 rings (SSSR count). The summed E-state index contributed by atoms with van der Waals surface area (Å²) in [5.41, 5.74) is 3.96. The molecular weight excluding hydrogens is 495 g/mol. The summed E-state index contributed by atoms with van der Waals surface area (Å²) < 4.78 is 47.9. The van der Waals surface area contributed by atoms with Crippen molar-refractivity contribution in [1.82, 2.24) is 14.8 Å². The molecule has 1 N–H and O–H groups in total. The number of aryl methyl sites for hydroxylation is 1. The van der Waals surface area contributed by atoms with Gasteiger partial charge in [-0.25, -0.2) is 4.79 Å². The number of ether oxygens (including phenoxy) is 2. The number of aromatic nitrogens is 1. The van der Waals surface area contributed by atoms with Crippen molar-refractivity contribution in [2.75, 3.05) is 40.4 Å². The number of esters is 1. The lowest BCUT2D eigenvalue weighted by molar-refractivity contribution is -0.147. The lowest BCUT2D eigenvalue weighted by atomic mass is 10.0. The van der Waals surface area contributed by atoms with Crippen molar-refractivity contribution in [3.8, 4) is 5.75 Å². The van der Waals surface area contributed by atoms with Gasteiger partial charge < -0.3 is 14.5 Å². The van der Waals surface area contributed by atoms with Gasteiger partial charge in [-0.2, -0.15) is 13.2 Å². The Morgan fingerprint density at radius 1 is 1.05 bits per heavy atom. The maximum Gasteiger partial charge on any atom is 0.390 e. The van der Waals surface area contributed by atoms with E-state index in [4.69, 9.17) is 4.74 Å². The Hall–Kier alpha value is -3.04. The standard InChI is InChI=1S/C19H26F3N3O.C8H8O2.C2H6/c1-13-10-17(26-3)16(15-4-5-23-18(13)15)12-24-6-8-25(9-7-24)14(2)11-19(20,21)22;1-10-8(9)7-5-3-2-4-6-7;1-2/h4-5,10,14,23H,6-9,11-12H2,1-3H3;2-6H,1H3;1-2H3. The Morgan fingerprint density at radius 2 is 1.68 bits per heavy atom. The highest BCUT2D eigenvalue weighted by atomic mass is 19.4. The molecule has 0 amide bonds. The maximum atomic E-state index is 12.6. The minimum atomic E-state index is -4.11. The Bertz CT molecular complexity index is 1120. The van der Waals surface area contributed by atoms with E-state index in [-0.39, 0.29) is 5.97 Å². The third-order valence-corrected chi connectivity index (χ3v) is 6.47. The number of benzene rings is 2. The molecule has 1 aliphatic rings. The van der Waals surface area contributed by atoms with E-state index < -0.39 is 18.6 Å². The number of hydrogen-bond acceptors (Lipinski definition) is 5. The summed E-state index contributed by atoms with van der Waals surface area (Å²) in [5, 5.41) is 1.15. The number of methoxy groups -OCH3 is 2. The third-order valence-electron chi connectivity index (χ3n) is 6.47. The molecule has 1 fully saturated rings. The van der Waals surface area contributed by atoms with Crippen molar-refractivity contribution in [2.45, 2.75) is 52.9 Å². The molecular formula is C29H40F3N3O3. The summed E-state index contributed by atoms with van der Waals surface area (Å²) in [4.78, 5) is 18.3. The summed E-state index contributed by atoms with van der Waals surface area (Å²) in [6.07, 6.45) is -2.92. The molecule has 0 saturated carbocycles. The van der Waals surface area contributed by atoms with Crippen LogP contribution in [0.5, 0.6) is 5.75 Å². The molecule has 1 aliphatic heterocycles. The van der Waals surface area contributed by atoms with Gasteiger partial charge in [0, 0.05) is 61.4 Å². The molecule has 0 bridgehead atoms. The quantitative estimate of drug-likeness (QED) is 0.368. The Balaban J connectivity index is 0.000000353. The number of aromatic amines is 1. The van der Waals surface area contributed by atoms with E-state index in [9.17, 15) is 18.0 Å². The first-order valence-electron chi connectivity index (χ1n) is 12.9. The number of nitrogens with one attached hydrogen (secondary N) is 1. The van der Waals surface area contributed by atoms with Crippen LogP contribution in [0, 0.1) is 6.92 Å². The van der Waals surface area contributed by atoms with Gasteiger partial charge in [-0.05, 0) is 43.7 Å². The van der Waals surface area contributed by atoms with Crippen LogP contribution in [0.25, 0.3) is 10.9 Å². The number of piperazine rings is 1. The normalized spacial score (nSPS) is 15.1. The second-order valence-electron chi connectivity index (χ2n) is 8.98. The average Bonchev–Trinajstić information content (AvgIpc) is 3.42. The van der Waals surface area contributed by atoms with Crippen LogP contribution in [-0.4, -0.2) is 73.4 Å². The summed E-state index contributed by atoms with van der Waals surface area (Å²) >= 11 is 0. The molecule has 0 aliphatic carbocycles. The lowest BCUT2D eigenvalue weighted by Crippen LogP contribution is -2.50. The predicted molar refractivity (Wildman–Crippen MR) is 146 cm³/mol. The largest absolute Gasteiger partial charge is 0.496 e. The number of rotatable bonds is 6. The van der Waals surface area contributed by atoms with Crippen LogP contribution in [0.15, 0.2) is 48.7 Å². The number of fused-ring (bicyclic) bond motifs is 1. The molecule has 1 aromatic heterocycles. The predicted octanol–water partition coefficient (Wildman–Crippen LogP) is 6.44. The van der Waals surface area contributed by atoms with Crippen molar-refractivity contribution in [3.63, 3.8) is 0 Å². The molecule has 1 saturated heterocycles. The van der Waals surface area contributed by atoms with Crippen LogP contribution in [0.4, 0.5) is 13.2 Å². The highest BCUT2D eigenvalue weighted by Crippen LogP contribution is 2.32.